The number of hydrogen-bond donors (Lipinski definition) is 1. The number of methoxy groups -OCH3 is 1. The van der Waals surface area contributed by atoms with Crippen LogP contribution in [0.1, 0.15) is 27.7 Å². The maximum Gasteiger partial charge on any atom is 0.262 e. The third-order valence-electron chi connectivity index (χ3n) is 6.28. The lowest BCUT2D eigenvalue weighted by Gasteiger charge is -2.38. The first-order valence-electron chi connectivity index (χ1n) is 11.7. The molecular weight excluding hydrogens is 505 g/mol. The summed E-state index contributed by atoms with van der Waals surface area (Å²) in [4.78, 5) is 20.1. The molecular formula is C29H22FN3O2S2. The van der Waals surface area contributed by atoms with Crippen LogP contribution >= 0.6 is 23.1 Å². The van der Waals surface area contributed by atoms with Crippen LogP contribution in [-0.4, -0.2) is 18.0 Å². The minimum atomic E-state index is -0.482. The molecule has 1 amide bonds. The van der Waals surface area contributed by atoms with Crippen molar-refractivity contribution < 1.29 is 13.9 Å². The van der Waals surface area contributed by atoms with Crippen LogP contribution < -0.4 is 15.0 Å². The predicted molar refractivity (Wildman–Crippen MR) is 148 cm³/mol. The summed E-state index contributed by atoms with van der Waals surface area (Å²) in [5.41, 5.74) is 4.83. The summed E-state index contributed by atoms with van der Waals surface area (Å²) in [5.74, 6) is 0.932. The Morgan fingerprint density at radius 2 is 1.81 bits per heavy atom. The number of amides is 1. The molecule has 6 rings (SSSR count). The first-order chi connectivity index (χ1) is 18.1. The quantitative estimate of drug-likeness (QED) is 0.232. The Bertz CT molecular complexity index is 1570. The van der Waals surface area contributed by atoms with Crippen LogP contribution in [0.3, 0.4) is 0 Å². The van der Waals surface area contributed by atoms with E-state index in [1.165, 1.54) is 12.1 Å². The molecule has 0 unspecified atom stereocenters. The van der Waals surface area contributed by atoms with E-state index in [1.807, 2.05) is 48.5 Å². The molecule has 0 radical (unpaired) electrons. The largest absolute Gasteiger partial charge is 0.496 e. The average molecular weight is 528 g/mol. The number of nitrogens with zero attached hydrogens (tertiary/aromatic N) is 2. The molecule has 5 aromatic rings. The fourth-order valence-corrected chi connectivity index (χ4v) is 6.53. The number of thioether (sulfide) groups is 1. The number of halogens is 1. The van der Waals surface area contributed by atoms with Crippen molar-refractivity contribution in [3.63, 3.8) is 0 Å². The van der Waals surface area contributed by atoms with Gasteiger partial charge in [0.2, 0.25) is 0 Å². The number of ether oxygens (including phenoxy) is 1. The van der Waals surface area contributed by atoms with E-state index in [9.17, 15) is 9.18 Å². The number of carbonyl (C=O) groups excluding carboxylic acids is 1. The van der Waals surface area contributed by atoms with Gasteiger partial charge >= 0.3 is 0 Å². The number of carbonyl (C=O) groups is 1. The van der Waals surface area contributed by atoms with Gasteiger partial charge in [-0.05, 0) is 66.2 Å². The van der Waals surface area contributed by atoms with E-state index < -0.39 is 6.17 Å². The smallest absolute Gasteiger partial charge is 0.262 e. The number of anilines is 2. The fourth-order valence-electron chi connectivity index (χ4n) is 4.49. The molecule has 8 heteroatoms. The Hall–Kier alpha value is -3.88. The zero-order valence-electron chi connectivity index (χ0n) is 19.9. The summed E-state index contributed by atoms with van der Waals surface area (Å²) >= 11 is 3.33. The molecule has 37 heavy (non-hydrogen) atoms. The van der Waals surface area contributed by atoms with Gasteiger partial charge in [0.1, 0.15) is 17.7 Å². The van der Waals surface area contributed by atoms with Gasteiger partial charge in [-0.3, -0.25) is 9.69 Å². The minimum absolute atomic E-state index is 0.146. The molecule has 1 aliphatic rings. The van der Waals surface area contributed by atoms with Crippen LogP contribution in [0.15, 0.2) is 95.3 Å². The number of para-hydroxylation sites is 2. The number of rotatable bonds is 6. The van der Waals surface area contributed by atoms with Crippen LogP contribution in [0.2, 0.25) is 0 Å². The number of benzene rings is 4. The van der Waals surface area contributed by atoms with E-state index >= 15 is 0 Å². The van der Waals surface area contributed by atoms with Gasteiger partial charge in [0, 0.05) is 22.7 Å². The van der Waals surface area contributed by atoms with Crippen LogP contribution in [-0.2, 0) is 5.75 Å². The maximum atomic E-state index is 13.7. The molecule has 0 aliphatic carbocycles. The van der Waals surface area contributed by atoms with Gasteiger partial charge in [0.15, 0.2) is 4.34 Å². The first-order valence-corrected chi connectivity index (χ1v) is 13.5. The normalized spacial score (nSPS) is 14.9. The van der Waals surface area contributed by atoms with Crippen molar-refractivity contribution in [2.24, 2.45) is 0 Å². The SMILES string of the molecule is COc1ccc([C@@H]2Nc3ccccc3C(=O)N2c2ccc(F)cc2)cc1CSc1nc2ccccc2s1. The molecule has 0 saturated carbocycles. The van der Waals surface area contributed by atoms with Crippen molar-refractivity contribution in [3.8, 4) is 5.75 Å². The molecule has 0 bridgehead atoms. The van der Waals surface area contributed by atoms with Crippen molar-refractivity contribution in [1.82, 2.24) is 4.98 Å². The van der Waals surface area contributed by atoms with E-state index in [0.717, 1.165) is 37.1 Å². The van der Waals surface area contributed by atoms with Crippen molar-refractivity contribution in [2.45, 2.75) is 16.3 Å². The number of aromatic nitrogens is 1. The lowest BCUT2D eigenvalue weighted by atomic mass is 10.0. The number of thiazole rings is 1. The summed E-state index contributed by atoms with van der Waals surface area (Å²) in [6.07, 6.45) is -0.482. The highest BCUT2D eigenvalue weighted by Gasteiger charge is 2.34. The molecule has 1 N–H and O–H groups in total. The summed E-state index contributed by atoms with van der Waals surface area (Å²) in [6, 6.07) is 27.5. The molecule has 1 aliphatic heterocycles. The monoisotopic (exact) mass is 527 g/mol. The summed E-state index contributed by atoms with van der Waals surface area (Å²) in [5, 5.41) is 3.52. The van der Waals surface area contributed by atoms with E-state index in [1.54, 1.807) is 53.3 Å². The molecule has 1 atom stereocenters. The Labute approximate surface area is 221 Å². The predicted octanol–water partition coefficient (Wildman–Crippen LogP) is 7.51. The van der Waals surface area contributed by atoms with Gasteiger partial charge in [-0.15, -0.1) is 11.3 Å². The van der Waals surface area contributed by atoms with Gasteiger partial charge in [-0.1, -0.05) is 42.1 Å². The second-order valence-corrected chi connectivity index (χ2v) is 10.8. The molecule has 2 heterocycles. The summed E-state index contributed by atoms with van der Waals surface area (Å²) in [7, 11) is 1.66. The van der Waals surface area contributed by atoms with Crippen molar-refractivity contribution in [2.75, 3.05) is 17.3 Å². The standard InChI is InChI=1S/C29H22FN3O2S2/c1-35-25-15-10-18(16-19(25)17-36-29-32-24-8-4-5-9-26(24)37-29)27-31-23-7-3-2-6-22(23)28(34)33(27)21-13-11-20(30)12-14-21/h2-16,27,31H,17H2,1H3/t27-/m1/s1. The molecule has 184 valence electrons. The van der Waals surface area contributed by atoms with Gasteiger partial charge in [0.25, 0.3) is 5.91 Å². The topological polar surface area (TPSA) is 54.5 Å². The Kier molecular flexibility index (Phi) is 6.28. The van der Waals surface area contributed by atoms with Crippen molar-refractivity contribution in [1.29, 1.82) is 0 Å². The number of hydrogen-bond acceptors (Lipinski definition) is 6. The lowest BCUT2D eigenvalue weighted by Crippen LogP contribution is -2.43. The molecule has 0 fully saturated rings. The van der Waals surface area contributed by atoms with Crippen LogP contribution in [0.5, 0.6) is 5.75 Å². The molecule has 4 aromatic carbocycles. The zero-order chi connectivity index (χ0) is 25.4. The van der Waals surface area contributed by atoms with E-state index in [-0.39, 0.29) is 11.7 Å². The third kappa shape index (κ3) is 4.54. The molecule has 0 spiro atoms. The Balaban J connectivity index is 1.36. The molecule has 1 aromatic heterocycles. The van der Waals surface area contributed by atoms with Gasteiger partial charge in [0.05, 0.1) is 22.9 Å². The summed E-state index contributed by atoms with van der Waals surface area (Å²) < 4.78 is 21.5. The van der Waals surface area contributed by atoms with Crippen molar-refractivity contribution in [3.05, 3.63) is 114 Å². The molecule has 0 saturated heterocycles. The zero-order valence-corrected chi connectivity index (χ0v) is 21.5. The Morgan fingerprint density at radius 1 is 1.03 bits per heavy atom. The average Bonchev–Trinajstić information content (AvgIpc) is 3.35. The number of nitrogens with one attached hydrogen (secondary N) is 1. The van der Waals surface area contributed by atoms with E-state index in [0.29, 0.717) is 17.0 Å². The van der Waals surface area contributed by atoms with Gasteiger partial charge < -0.3 is 10.1 Å². The van der Waals surface area contributed by atoms with E-state index in [2.05, 4.69) is 17.4 Å². The third-order valence-corrected chi connectivity index (χ3v) is 8.51. The first kappa shape index (κ1) is 23.5. The second kappa shape index (κ2) is 9.88. The maximum absolute atomic E-state index is 13.7. The van der Waals surface area contributed by atoms with Crippen LogP contribution in [0.4, 0.5) is 15.8 Å². The van der Waals surface area contributed by atoms with Gasteiger partial charge in [-0.25, -0.2) is 9.37 Å². The van der Waals surface area contributed by atoms with Crippen molar-refractivity contribution >= 4 is 50.6 Å². The molecule has 5 nitrogen and oxygen atoms in total. The highest BCUT2D eigenvalue weighted by molar-refractivity contribution is 8.00. The summed E-state index contributed by atoms with van der Waals surface area (Å²) in [6.45, 7) is 0. The van der Waals surface area contributed by atoms with Crippen LogP contribution in [0.25, 0.3) is 10.2 Å². The second-order valence-electron chi connectivity index (χ2n) is 8.55. The lowest BCUT2D eigenvalue weighted by molar-refractivity contribution is 0.0975. The Morgan fingerprint density at radius 3 is 2.62 bits per heavy atom. The van der Waals surface area contributed by atoms with Gasteiger partial charge in [-0.2, -0.15) is 0 Å². The van der Waals surface area contributed by atoms with Crippen LogP contribution in [0, 0.1) is 5.82 Å². The highest BCUT2D eigenvalue weighted by Crippen LogP contribution is 2.39. The highest BCUT2D eigenvalue weighted by atomic mass is 32.2. The fraction of sp³-hybridized carbons (Fsp3) is 0.103. The number of fused-ring (bicyclic) bond motifs is 2. The van der Waals surface area contributed by atoms with E-state index in [4.69, 9.17) is 9.72 Å². The minimum Gasteiger partial charge on any atom is -0.496 e.